The van der Waals surface area contributed by atoms with Gasteiger partial charge in [0.25, 0.3) is 0 Å². The number of hydrogen-bond donors (Lipinski definition) is 0. The van der Waals surface area contributed by atoms with Crippen LogP contribution in [0, 0.1) is 11.8 Å². The van der Waals surface area contributed by atoms with Crippen molar-refractivity contribution in [2.45, 2.75) is 65.2 Å². The molecule has 0 aromatic rings. The van der Waals surface area contributed by atoms with Crippen molar-refractivity contribution in [2.75, 3.05) is 0 Å². The fourth-order valence-electron chi connectivity index (χ4n) is 2.93. The summed E-state index contributed by atoms with van der Waals surface area (Å²) in [5, 5.41) is 0. The van der Waals surface area contributed by atoms with E-state index >= 15 is 0 Å². The van der Waals surface area contributed by atoms with Crippen molar-refractivity contribution in [3.05, 3.63) is 11.1 Å². The summed E-state index contributed by atoms with van der Waals surface area (Å²) >= 11 is 0. The van der Waals surface area contributed by atoms with Gasteiger partial charge < -0.3 is 0 Å². The van der Waals surface area contributed by atoms with Crippen molar-refractivity contribution in [1.82, 2.24) is 0 Å². The molecule has 0 atom stereocenters. The molecule has 0 aliphatic heterocycles. The Balaban J connectivity index is 1.95. The smallest absolute Gasteiger partial charge is 0.0315 e. The molecule has 0 saturated heterocycles. The summed E-state index contributed by atoms with van der Waals surface area (Å²) in [6, 6.07) is 0. The number of allylic oxidation sites excluding steroid dienone is 2. The Morgan fingerprint density at radius 1 is 0.643 bits per heavy atom. The lowest BCUT2D eigenvalue weighted by atomic mass is 9.79. The molecule has 0 unspecified atom stereocenters. The lowest BCUT2D eigenvalue weighted by Crippen LogP contribution is -2.10. The van der Waals surface area contributed by atoms with Crippen LogP contribution in [0.2, 0.25) is 0 Å². The Kier molecular flexibility index (Phi) is 3.30. The van der Waals surface area contributed by atoms with E-state index in [-0.39, 0.29) is 0 Å². The zero-order valence-electron chi connectivity index (χ0n) is 9.81. The summed E-state index contributed by atoms with van der Waals surface area (Å²) in [5.74, 6) is 1.98. The van der Waals surface area contributed by atoms with E-state index in [0.717, 1.165) is 11.8 Å². The van der Waals surface area contributed by atoms with Gasteiger partial charge in [0, 0.05) is 0 Å². The first kappa shape index (κ1) is 10.3. The van der Waals surface area contributed by atoms with Gasteiger partial charge in [-0.25, -0.2) is 0 Å². The fourth-order valence-corrected chi connectivity index (χ4v) is 2.93. The largest absolute Gasteiger partial charge is 0.0710 e. The molecule has 0 amide bonds. The minimum atomic E-state index is 0.988. The van der Waals surface area contributed by atoms with Gasteiger partial charge in [0.1, 0.15) is 0 Å². The Labute approximate surface area is 88.8 Å². The maximum absolute atomic E-state index is 2.41. The Morgan fingerprint density at radius 3 is 1.21 bits per heavy atom. The lowest BCUT2D eigenvalue weighted by Gasteiger charge is -2.27. The first-order valence-corrected chi connectivity index (χ1v) is 6.45. The van der Waals surface area contributed by atoms with Crippen LogP contribution < -0.4 is 0 Å². The van der Waals surface area contributed by atoms with Gasteiger partial charge in [0.15, 0.2) is 0 Å². The van der Waals surface area contributed by atoms with Crippen LogP contribution in [0.3, 0.4) is 0 Å². The van der Waals surface area contributed by atoms with Crippen molar-refractivity contribution in [2.24, 2.45) is 11.8 Å². The predicted molar refractivity (Wildman–Crippen MR) is 62.3 cm³/mol. The summed E-state index contributed by atoms with van der Waals surface area (Å²) in [4.78, 5) is 0. The molecule has 0 nitrogen and oxygen atoms in total. The second kappa shape index (κ2) is 4.51. The molecule has 80 valence electrons. The summed E-state index contributed by atoms with van der Waals surface area (Å²) in [7, 11) is 0. The molecule has 0 aromatic heterocycles. The topological polar surface area (TPSA) is 0 Å². The van der Waals surface area contributed by atoms with Crippen LogP contribution >= 0.6 is 0 Å². The molecule has 0 heteroatoms. The zero-order valence-corrected chi connectivity index (χ0v) is 9.81. The van der Waals surface area contributed by atoms with Crippen LogP contribution in [0.4, 0.5) is 0 Å². The van der Waals surface area contributed by atoms with Gasteiger partial charge in [-0.15, -0.1) is 0 Å². The minimum Gasteiger partial charge on any atom is -0.0710 e. The molecule has 2 saturated carbocycles. The minimum absolute atomic E-state index is 0.988. The monoisotopic (exact) mass is 192 g/mol. The summed E-state index contributed by atoms with van der Waals surface area (Å²) in [6.07, 6.45) is 11.5. The highest BCUT2D eigenvalue weighted by atomic mass is 14.2. The second-order valence-corrected chi connectivity index (χ2v) is 5.57. The molecule has 0 aromatic carbocycles. The van der Waals surface area contributed by atoms with Crippen LogP contribution in [0.25, 0.3) is 0 Å². The van der Waals surface area contributed by atoms with E-state index in [2.05, 4.69) is 13.8 Å². The van der Waals surface area contributed by atoms with Crippen LogP contribution in [0.5, 0.6) is 0 Å². The van der Waals surface area contributed by atoms with Gasteiger partial charge in [-0.05, 0) is 63.2 Å². The lowest BCUT2D eigenvalue weighted by molar-refractivity contribution is 0.413. The molecule has 2 aliphatic rings. The summed E-state index contributed by atoms with van der Waals surface area (Å²) < 4.78 is 0. The third-order valence-corrected chi connectivity index (χ3v) is 4.26. The average molecular weight is 192 g/mol. The first-order valence-electron chi connectivity index (χ1n) is 6.45. The third kappa shape index (κ3) is 2.40. The van der Waals surface area contributed by atoms with Gasteiger partial charge in [-0.2, -0.15) is 0 Å². The van der Waals surface area contributed by atoms with Gasteiger partial charge in [-0.3, -0.25) is 0 Å². The van der Waals surface area contributed by atoms with Crippen molar-refractivity contribution < 1.29 is 0 Å². The predicted octanol–water partition coefficient (Wildman–Crippen LogP) is 4.70. The maximum atomic E-state index is 2.41. The van der Waals surface area contributed by atoms with E-state index in [4.69, 9.17) is 0 Å². The van der Waals surface area contributed by atoms with E-state index < -0.39 is 0 Å². The molecule has 2 fully saturated rings. The van der Waals surface area contributed by atoms with E-state index in [0.29, 0.717) is 0 Å². The maximum Gasteiger partial charge on any atom is -0.0315 e. The fraction of sp³-hybridized carbons (Fsp3) is 0.857. The molecule has 0 radical (unpaired) electrons. The van der Waals surface area contributed by atoms with Crippen LogP contribution in [0.15, 0.2) is 11.1 Å². The van der Waals surface area contributed by atoms with Crippen molar-refractivity contribution in [1.29, 1.82) is 0 Å². The highest BCUT2D eigenvalue weighted by molar-refractivity contribution is 5.17. The zero-order chi connectivity index (χ0) is 9.97. The van der Waals surface area contributed by atoms with E-state index in [1.165, 1.54) is 51.4 Å². The Bertz CT molecular complexity index is 180. The van der Waals surface area contributed by atoms with Crippen LogP contribution in [-0.2, 0) is 0 Å². The average Bonchev–Trinajstić information content (AvgIpc) is 2.21. The normalized spacial score (nSPS) is 34.7. The molecule has 0 spiro atoms. The third-order valence-electron chi connectivity index (χ3n) is 4.26. The van der Waals surface area contributed by atoms with Gasteiger partial charge in [0.05, 0.1) is 0 Å². The molecule has 0 heterocycles. The highest BCUT2D eigenvalue weighted by Crippen LogP contribution is 2.36. The van der Waals surface area contributed by atoms with Gasteiger partial charge in [0.2, 0.25) is 0 Å². The molecule has 2 aliphatic carbocycles. The van der Waals surface area contributed by atoms with Gasteiger partial charge in [-0.1, -0.05) is 25.0 Å². The van der Waals surface area contributed by atoms with Crippen LogP contribution in [-0.4, -0.2) is 0 Å². The van der Waals surface area contributed by atoms with E-state index in [1.54, 1.807) is 0 Å². The van der Waals surface area contributed by atoms with Crippen molar-refractivity contribution in [3.63, 3.8) is 0 Å². The first-order chi connectivity index (χ1) is 6.75. The van der Waals surface area contributed by atoms with E-state index in [1.807, 2.05) is 11.1 Å². The number of hydrogen-bond acceptors (Lipinski definition) is 0. The van der Waals surface area contributed by atoms with Crippen molar-refractivity contribution in [3.8, 4) is 0 Å². The molecule has 0 N–H and O–H groups in total. The van der Waals surface area contributed by atoms with Crippen LogP contribution in [0.1, 0.15) is 65.2 Å². The summed E-state index contributed by atoms with van der Waals surface area (Å²) in [5.41, 5.74) is 3.71. The molecular formula is C14H24. The van der Waals surface area contributed by atoms with Gasteiger partial charge >= 0.3 is 0 Å². The molecule has 14 heavy (non-hydrogen) atoms. The Morgan fingerprint density at radius 2 is 0.929 bits per heavy atom. The molecular weight excluding hydrogens is 168 g/mol. The molecule has 2 rings (SSSR count). The Hall–Kier alpha value is -0.260. The number of rotatable bonds is 0. The second-order valence-electron chi connectivity index (χ2n) is 5.57. The van der Waals surface area contributed by atoms with E-state index in [9.17, 15) is 0 Å². The quantitative estimate of drug-likeness (QED) is 0.488. The highest BCUT2D eigenvalue weighted by Gasteiger charge is 2.19. The molecule has 0 bridgehead atoms. The SMILES string of the molecule is CC1CCC(=C2CCC(C)CC2)CC1. The van der Waals surface area contributed by atoms with Crippen molar-refractivity contribution >= 4 is 0 Å². The standard InChI is InChI=1S/C14H24/c1-11-3-7-13(8-4-11)14-9-5-12(2)6-10-14/h11-12H,3-10H2,1-2H3. The summed E-state index contributed by atoms with van der Waals surface area (Å²) in [6.45, 7) is 4.81.